The summed E-state index contributed by atoms with van der Waals surface area (Å²) in [5.41, 5.74) is 0.373. The highest BCUT2D eigenvalue weighted by molar-refractivity contribution is 8.14. The molecule has 0 radical (unpaired) electrons. The van der Waals surface area contributed by atoms with E-state index >= 15 is 0 Å². The second-order valence-electron chi connectivity index (χ2n) is 8.36. The summed E-state index contributed by atoms with van der Waals surface area (Å²) >= 11 is 1.15. The Balaban J connectivity index is 2.16. The molecule has 0 saturated carbocycles. The van der Waals surface area contributed by atoms with Crippen LogP contribution in [0.15, 0.2) is 48.7 Å². The van der Waals surface area contributed by atoms with Crippen LogP contribution in [0.4, 0.5) is 5.69 Å². The Kier molecular flexibility index (Phi) is 7.00. The van der Waals surface area contributed by atoms with Crippen molar-refractivity contribution in [2.24, 2.45) is 5.92 Å². The van der Waals surface area contributed by atoms with Crippen LogP contribution in [-0.4, -0.2) is 40.3 Å². The Bertz CT molecular complexity index is 959. The first kappa shape index (κ1) is 22.8. The van der Waals surface area contributed by atoms with E-state index in [1.807, 2.05) is 20.8 Å². The number of carbonyl (C=O) groups is 3. The Morgan fingerprint density at radius 2 is 1.90 bits per heavy atom. The summed E-state index contributed by atoms with van der Waals surface area (Å²) in [7, 11) is 1.52. The van der Waals surface area contributed by atoms with Gasteiger partial charge in [0.1, 0.15) is 5.75 Å². The molecular formula is C23H27N3O4S. The number of pyridine rings is 1. The predicted molar refractivity (Wildman–Crippen MR) is 121 cm³/mol. The molecule has 164 valence electrons. The SMILES string of the molecule is COc1ccccc1N(C(=O)[C@@H]1CSC(=O)C1)[C@H](C(=O)NC(C)(C)C)c1ccccn1. The average molecular weight is 442 g/mol. The van der Waals surface area contributed by atoms with E-state index in [9.17, 15) is 14.4 Å². The second-order valence-corrected chi connectivity index (χ2v) is 9.44. The van der Waals surface area contributed by atoms with Gasteiger partial charge in [0.25, 0.3) is 0 Å². The lowest BCUT2D eigenvalue weighted by Crippen LogP contribution is -2.51. The van der Waals surface area contributed by atoms with Gasteiger partial charge in [-0.1, -0.05) is 30.0 Å². The minimum absolute atomic E-state index is 0.0214. The molecule has 2 atom stereocenters. The minimum atomic E-state index is -1.02. The molecule has 8 heteroatoms. The molecule has 3 rings (SSSR count). The topological polar surface area (TPSA) is 88.6 Å². The van der Waals surface area contributed by atoms with Gasteiger partial charge >= 0.3 is 0 Å². The first-order chi connectivity index (χ1) is 14.7. The van der Waals surface area contributed by atoms with E-state index in [1.165, 1.54) is 12.0 Å². The number of nitrogens with zero attached hydrogens (tertiary/aromatic N) is 2. The number of ether oxygens (including phenoxy) is 1. The Hall–Kier alpha value is -2.87. The molecule has 1 saturated heterocycles. The lowest BCUT2D eigenvalue weighted by molar-refractivity contribution is -0.129. The fraction of sp³-hybridized carbons (Fsp3) is 0.391. The van der Waals surface area contributed by atoms with Crippen molar-refractivity contribution in [3.8, 4) is 5.75 Å². The molecule has 1 aromatic carbocycles. The minimum Gasteiger partial charge on any atom is -0.495 e. The van der Waals surface area contributed by atoms with Crippen molar-refractivity contribution >= 4 is 34.4 Å². The van der Waals surface area contributed by atoms with E-state index in [4.69, 9.17) is 4.74 Å². The summed E-state index contributed by atoms with van der Waals surface area (Å²) in [5, 5.41) is 2.95. The van der Waals surface area contributed by atoms with Crippen molar-refractivity contribution in [1.29, 1.82) is 0 Å². The van der Waals surface area contributed by atoms with Gasteiger partial charge in [-0.2, -0.15) is 0 Å². The number of aromatic nitrogens is 1. The van der Waals surface area contributed by atoms with Crippen LogP contribution < -0.4 is 15.0 Å². The van der Waals surface area contributed by atoms with Crippen LogP contribution in [0.25, 0.3) is 0 Å². The average Bonchev–Trinajstić information content (AvgIpc) is 3.17. The third-order valence-electron chi connectivity index (χ3n) is 4.76. The third-order valence-corrected chi connectivity index (χ3v) is 5.82. The van der Waals surface area contributed by atoms with Crippen LogP contribution in [0.1, 0.15) is 38.9 Å². The zero-order chi connectivity index (χ0) is 22.6. The zero-order valence-electron chi connectivity index (χ0n) is 18.1. The van der Waals surface area contributed by atoms with E-state index in [0.717, 1.165) is 11.8 Å². The summed E-state index contributed by atoms with van der Waals surface area (Å²) in [6.07, 6.45) is 1.73. The molecule has 2 amide bonds. The first-order valence-corrected chi connectivity index (χ1v) is 11.0. The number of nitrogens with one attached hydrogen (secondary N) is 1. The van der Waals surface area contributed by atoms with Gasteiger partial charge in [-0.3, -0.25) is 24.3 Å². The molecule has 0 aliphatic carbocycles. The van der Waals surface area contributed by atoms with E-state index in [1.54, 1.807) is 48.7 Å². The quantitative estimate of drug-likeness (QED) is 0.740. The highest BCUT2D eigenvalue weighted by Gasteiger charge is 2.41. The van der Waals surface area contributed by atoms with Crippen molar-refractivity contribution in [3.63, 3.8) is 0 Å². The van der Waals surface area contributed by atoms with Gasteiger partial charge in [0.05, 0.1) is 24.4 Å². The molecule has 1 aliphatic heterocycles. The number of hydrogen-bond donors (Lipinski definition) is 1. The third kappa shape index (κ3) is 5.44. The molecule has 2 aromatic rings. The largest absolute Gasteiger partial charge is 0.495 e. The monoisotopic (exact) mass is 441 g/mol. The molecule has 1 aromatic heterocycles. The Labute approximate surface area is 186 Å². The molecule has 1 N–H and O–H groups in total. The van der Waals surface area contributed by atoms with Crippen molar-refractivity contribution in [2.75, 3.05) is 17.8 Å². The lowest BCUT2D eigenvalue weighted by Gasteiger charge is -2.35. The van der Waals surface area contributed by atoms with E-state index in [2.05, 4.69) is 10.3 Å². The molecule has 2 heterocycles. The summed E-state index contributed by atoms with van der Waals surface area (Å²) in [4.78, 5) is 44.9. The number of methoxy groups -OCH3 is 1. The second kappa shape index (κ2) is 9.51. The van der Waals surface area contributed by atoms with E-state index in [0.29, 0.717) is 22.9 Å². The van der Waals surface area contributed by atoms with Gasteiger partial charge in [0.15, 0.2) is 11.2 Å². The molecule has 0 bridgehead atoms. The maximum atomic E-state index is 13.7. The first-order valence-electron chi connectivity index (χ1n) is 10.1. The number of hydrogen-bond acceptors (Lipinski definition) is 6. The maximum absolute atomic E-state index is 13.7. The number of anilines is 1. The van der Waals surface area contributed by atoms with Crippen LogP contribution in [-0.2, 0) is 14.4 Å². The fourth-order valence-corrected chi connectivity index (χ4v) is 4.41. The van der Waals surface area contributed by atoms with Crippen molar-refractivity contribution < 1.29 is 19.1 Å². The van der Waals surface area contributed by atoms with Crippen molar-refractivity contribution in [2.45, 2.75) is 38.8 Å². The van der Waals surface area contributed by atoms with Gasteiger partial charge in [-0.15, -0.1) is 0 Å². The normalized spacial score (nSPS) is 17.2. The standard InChI is InChI=1S/C23H27N3O4S/c1-23(2,3)25-21(28)20(16-9-7-8-12-24-16)26(17-10-5-6-11-18(17)30-4)22(29)15-13-19(27)31-14-15/h5-12,15,20H,13-14H2,1-4H3,(H,25,28)/t15-,20-/m0/s1. The molecule has 1 aliphatic rings. The fourth-order valence-electron chi connectivity index (χ4n) is 3.44. The number of benzene rings is 1. The van der Waals surface area contributed by atoms with Gasteiger partial charge in [0, 0.05) is 23.9 Å². The summed E-state index contributed by atoms with van der Waals surface area (Å²) < 4.78 is 5.51. The molecule has 7 nitrogen and oxygen atoms in total. The highest BCUT2D eigenvalue weighted by Crippen LogP contribution is 2.38. The molecule has 31 heavy (non-hydrogen) atoms. The summed E-state index contributed by atoms with van der Waals surface area (Å²) in [6.45, 7) is 5.63. The molecule has 1 fully saturated rings. The summed E-state index contributed by atoms with van der Waals surface area (Å²) in [5.74, 6) is -0.336. The van der Waals surface area contributed by atoms with E-state index < -0.39 is 17.5 Å². The van der Waals surface area contributed by atoms with Crippen LogP contribution >= 0.6 is 11.8 Å². The van der Waals surface area contributed by atoms with Gasteiger partial charge in [-0.25, -0.2) is 0 Å². The maximum Gasteiger partial charge on any atom is 0.249 e. The van der Waals surface area contributed by atoms with Crippen LogP contribution in [0.5, 0.6) is 5.75 Å². The molecule has 0 spiro atoms. The number of thioether (sulfide) groups is 1. The number of rotatable bonds is 6. The van der Waals surface area contributed by atoms with Crippen molar-refractivity contribution in [1.82, 2.24) is 10.3 Å². The number of carbonyl (C=O) groups excluding carboxylic acids is 3. The number of para-hydroxylation sites is 2. The van der Waals surface area contributed by atoms with Crippen LogP contribution in [0.2, 0.25) is 0 Å². The molecule has 0 unspecified atom stereocenters. The number of amides is 2. The predicted octanol–water partition coefficient (Wildman–Crippen LogP) is 3.36. The van der Waals surface area contributed by atoms with Gasteiger partial charge in [0.2, 0.25) is 11.8 Å². The Morgan fingerprint density at radius 3 is 2.48 bits per heavy atom. The summed E-state index contributed by atoms with van der Waals surface area (Å²) in [6, 6.07) is 11.3. The lowest BCUT2D eigenvalue weighted by atomic mass is 10.0. The van der Waals surface area contributed by atoms with Crippen molar-refractivity contribution in [3.05, 3.63) is 54.4 Å². The van der Waals surface area contributed by atoms with Crippen LogP contribution in [0.3, 0.4) is 0 Å². The van der Waals surface area contributed by atoms with Crippen LogP contribution in [0, 0.1) is 5.92 Å². The van der Waals surface area contributed by atoms with Gasteiger partial charge < -0.3 is 10.1 Å². The van der Waals surface area contributed by atoms with E-state index in [-0.39, 0.29) is 23.4 Å². The zero-order valence-corrected chi connectivity index (χ0v) is 18.9. The van der Waals surface area contributed by atoms with Gasteiger partial charge in [-0.05, 0) is 45.0 Å². The molecular weight excluding hydrogens is 414 g/mol. The smallest absolute Gasteiger partial charge is 0.249 e. The highest BCUT2D eigenvalue weighted by atomic mass is 32.2. The Morgan fingerprint density at radius 1 is 1.19 bits per heavy atom.